The lowest BCUT2D eigenvalue weighted by atomic mass is 10.1. The number of carbonyl (C=O) groups is 1. The monoisotopic (exact) mass is 412 g/mol. The van der Waals surface area contributed by atoms with Crippen molar-refractivity contribution in [3.8, 4) is 11.5 Å². The normalized spacial score (nSPS) is 19.8. The maximum Gasteiger partial charge on any atom is 0.246 e. The molecule has 1 amide bonds. The van der Waals surface area contributed by atoms with Gasteiger partial charge in [0.25, 0.3) is 0 Å². The number of nitrogens with zero attached hydrogens (tertiary/aromatic N) is 2. The van der Waals surface area contributed by atoms with Crippen LogP contribution in [0.5, 0.6) is 11.5 Å². The Labute approximate surface area is 177 Å². The fourth-order valence-corrected chi connectivity index (χ4v) is 3.77. The Morgan fingerprint density at radius 3 is 2.40 bits per heavy atom. The molecule has 6 heteroatoms. The second-order valence-electron chi connectivity index (χ2n) is 7.69. The largest absolute Gasteiger partial charge is 0.493 e. The molecule has 3 rings (SSSR count). The topological polar surface area (TPSA) is 42.0 Å². The van der Waals surface area contributed by atoms with E-state index in [2.05, 4.69) is 18.7 Å². The number of halogens is 1. The number of hydrogen-bond donors (Lipinski definition) is 0. The van der Waals surface area contributed by atoms with Crippen LogP contribution in [0.1, 0.15) is 25.0 Å². The van der Waals surface area contributed by atoms with E-state index in [1.54, 1.807) is 26.4 Å². The van der Waals surface area contributed by atoms with Crippen LogP contribution < -0.4 is 9.47 Å². The summed E-state index contributed by atoms with van der Waals surface area (Å²) in [6.07, 6.45) is 3.41. The quantitative estimate of drug-likeness (QED) is 0.673. The van der Waals surface area contributed by atoms with Crippen molar-refractivity contribution in [2.45, 2.75) is 32.5 Å². The second kappa shape index (κ2) is 9.76. The molecular weight excluding hydrogens is 383 g/mol. The highest BCUT2D eigenvalue weighted by molar-refractivity contribution is 5.92. The Kier molecular flexibility index (Phi) is 7.11. The molecule has 1 aliphatic heterocycles. The molecule has 160 valence electrons. The summed E-state index contributed by atoms with van der Waals surface area (Å²) in [7, 11) is 3.18. The summed E-state index contributed by atoms with van der Waals surface area (Å²) in [6.45, 7) is 6.35. The zero-order chi connectivity index (χ0) is 21.7. The van der Waals surface area contributed by atoms with Crippen molar-refractivity contribution in [1.82, 2.24) is 9.80 Å². The standard InChI is InChI=1S/C24H29FN2O3/c1-17-15-27(18(2)14-26(17)16-20-5-9-21(25)10-6-20)24(28)12-8-19-7-11-22(29-3)23(13-19)30-4/h5-13,17-18H,14-16H2,1-4H3. The molecule has 0 radical (unpaired) electrons. The Morgan fingerprint density at radius 2 is 1.73 bits per heavy atom. The van der Waals surface area contributed by atoms with Gasteiger partial charge in [0.2, 0.25) is 5.91 Å². The van der Waals surface area contributed by atoms with Gasteiger partial charge in [-0.15, -0.1) is 0 Å². The van der Waals surface area contributed by atoms with E-state index >= 15 is 0 Å². The average Bonchev–Trinajstić information content (AvgIpc) is 2.75. The molecule has 1 fully saturated rings. The molecule has 0 aliphatic carbocycles. The first-order valence-electron chi connectivity index (χ1n) is 10.1. The maximum absolute atomic E-state index is 13.1. The highest BCUT2D eigenvalue weighted by Crippen LogP contribution is 2.28. The molecule has 0 N–H and O–H groups in total. The Bertz CT molecular complexity index is 898. The number of piperazine rings is 1. The van der Waals surface area contributed by atoms with E-state index in [0.29, 0.717) is 18.0 Å². The van der Waals surface area contributed by atoms with E-state index in [9.17, 15) is 9.18 Å². The number of ether oxygens (including phenoxy) is 2. The van der Waals surface area contributed by atoms with E-state index in [4.69, 9.17) is 9.47 Å². The van der Waals surface area contributed by atoms with Gasteiger partial charge >= 0.3 is 0 Å². The average molecular weight is 413 g/mol. The minimum atomic E-state index is -0.225. The van der Waals surface area contributed by atoms with Crippen LogP contribution in [0.25, 0.3) is 6.08 Å². The van der Waals surface area contributed by atoms with Gasteiger partial charge in [-0.25, -0.2) is 4.39 Å². The van der Waals surface area contributed by atoms with Crippen LogP contribution in [0.3, 0.4) is 0 Å². The molecule has 2 aromatic rings. The fraction of sp³-hybridized carbons (Fsp3) is 0.375. The SMILES string of the molecule is COc1ccc(C=CC(=O)N2CC(C)N(Cc3ccc(F)cc3)CC2C)cc1OC. The third-order valence-corrected chi connectivity index (χ3v) is 5.52. The van der Waals surface area contributed by atoms with Crippen LogP contribution in [-0.4, -0.2) is 55.1 Å². The Hall–Kier alpha value is -2.86. The Balaban J connectivity index is 1.63. The van der Waals surface area contributed by atoms with Gasteiger partial charge in [0.05, 0.1) is 14.2 Å². The van der Waals surface area contributed by atoms with Gasteiger partial charge in [0.1, 0.15) is 5.82 Å². The van der Waals surface area contributed by atoms with Crippen LogP contribution in [0.15, 0.2) is 48.5 Å². The highest BCUT2D eigenvalue weighted by Gasteiger charge is 2.30. The Morgan fingerprint density at radius 1 is 1.03 bits per heavy atom. The third kappa shape index (κ3) is 5.19. The summed E-state index contributed by atoms with van der Waals surface area (Å²) < 4.78 is 23.7. The van der Waals surface area contributed by atoms with E-state index in [1.807, 2.05) is 35.2 Å². The number of amides is 1. The molecule has 2 atom stereocenters. The molecule has 1 heterocycles. The lowest BCUT2D eigenvalue weighted by Gasteiger charge is -2.44. The first-order valence-corrected chi connectivity index (χ1v) is 10.1. The number of methoxy groups -OCH3 is 2. The van der Waals surface area contributed by atoms with Gasteiger partial charge in [-0.1, -0.05) is 18.2 Å². The maximum atomic E-state index is 13.1. The van der Waals surface area contributed by atoms with Crippen molar-refractivity contribution in [2.24, 2.45) is 0 Å². The predicted octanol–water partition coefficient (Wildman–Crippen LogP) is 3.98. The molecule has 30 heavy (non-hydrogen) atoms. The number of rotatable bonds is 6. The van der Waals surface area contributed by atoms with Crippen LogP contribution in [0.4, 0.5) is 4.39 Å². The minimum Gasteiger partial charge on any atom is -0.493 e. The summed E-state index contributed by atoms with van der Waals surface area (Å²) >= 11 is 0. The molecule has 1 saturated heterocycles. The van der Waals surface area contributed by atoms with Crippen molar-refractivity contribution >= 4 is 12.0 Å². The summed E-state index contributed by atoms with van der Waals surface area (Å²) in [5, 5.41) is 0. The van der Waals surface area contributed by atoms with Gasteiger partial charge in [-0.2, -0.15) is 0 Å². The zero-order valence-electron chi connectivity index (χ0n) is 18.0. The predicted molar refractivity (Wildman–Crippen MR) is 116 cm³/mol. The van der Waals surface area contributed by atoms with Gasteiger partial charge in [0, 0.05) is 37.8 Å². The van der Waals surface area contributed by atoms with Crippen LogP contribution in [0.2, 0.25) is 0 Å². The lowest BCUT2D eigenvalue weighted by Crippen LogP contribution is -2.57. The number of carbonyl (C=O) groups excluding carboxylic acids is 1. The molecule has 2 aromatic carbocycles. The smallest absolute Gasteiger partial charge is 0.246 e. The van der Waals surface area contributed by atoms with E-state index in [-0.39, 0.29) is 23.8 Å². The number of hydrogen-bond acceptors (Lipinski definition) is 4. The van der Waals surface area contributed by atoms with Crippen molar-refractivity contribution in [3.63, 3.8) is 0 Å². The minimum absolute atomic E-state index is 0.00873. The van der Waals surface area contributed by atoms with Crippen LogP contribution >= 0.6 is 0 Å². The van der Waals surface area contributed by atoms with Crippen molar-refractivity contribution < 1.29 is 18.7 Å². The summed E-state index contributed by atoms with van der Waals surface area (Å²) in [6, 6.07) is 12.5. The molecular formula is C24H29FN2O3. The zero-order valence-corrected chi connectivity index (χ0v) is 18.0. The summed E-state index contributed by atoms with van der Waals surface area (Å²) in [5.74, 6) is 1.05. The van der Waals surface area contributed by atoms with Gasteiger partial charge in [0.15, 0.2) is 11.5 Å². The molecule has 0 bridgehead atoms. The van der Waals surface area contributed by atoms with Crippen molar-refractivity contribution in [3.05, 3.63) is 65.5 Å². The lowest BCUT2D eigenvalue weighted by molar-refractivity contribution is -0.131. The third-order valence-electron chi connectivity index (χ3n) is 5.52. The van der Waals surface area contributed by atoms with Gasteiger partial charge < -0.3 is 14.4 Å². The summed E-state index contributed by atoms with van der Waals surface area (Å²) in [4.78, 5) is 17.1. The molecule has 5 nitrogen and oxygen atoms in total. The first-order chi connectivity index (χ1) is 14.4. The molecule has 0 spiro atoms. The number of benzene rings is 2. The van der Waals surface area contributed by atoms with Crippen molar-refractivity contribution in [1.29, 1.82) is 0 Å². The van der Waals surface area contributed by atoms with Gasteiger partial charge in [-0.05, 0) is 55.3 Å². The van der Waals surface area contributed by atoms with E-state index in [1.165, 1.54) is 12.1 Å². The molecule has 0 aromatic heterocycles. The van der Waals surface area contributed by atoms with Gasteiger partial charge in [-0.3, -0.25) is 9.69 Å². The molecule has 2 unspecified atom stereocenters. The van der Waals surface area contributed by atoms with E-state index in [0.717, 1.165) is 24.2 Å². The first kappa shape index (κ1) is 21.8. The summed E-state index contributed by atoms with van der Waals surface area (Å²) in [5.41, 5.74) is 1.94. The second-order valence-corrected chi connectivity index (χ2v) is 7.69. The van der Waals surface area contributed by atoms with Crippen molar-refractivity contribution in [2.75, 3.05) is 27.3 Å². The highest BCUT2D eigenvalue weighted by atomic mass is 19.1. The molecule has 0 saturated carbocycles. The molecule has 1 aliphatic rings. The van der Waals surface area contributed by atoms with E-state index < -0.39 is 0 Å². The van der Waals surface area contributed by atoms with Crippen LogP contribution in [-0.2, 0) is 11.3 Å². The van der Waals surface area contributed by atoms with Crippen LogP contribution in [0, 0.1) is 5.82 Å². The fourth-order valence-electron chi connectivity index (χ4n) is 3.77.